The van der Waals surface area contributed by atoms with Crippen molar-refractivity contribution in [1.29, 1.82) is 5.26 Å². The lowest BCUT2D eigenvalue weighted by Gasteiger charge is -2.17. The first-order valence-corrected chi connectivity index (χ1v) is 12.4. The van der Waals surface area contributed by atoms with Crippen molar-refractivity contribution in [3.8, 4) is 17.3 Å². The zero-order valence-electron chi connectivity index (χ0n) is 19.6. The molecule has 6 nitrogen and oxygen atoms in total. The van der Waals surface area contributed by atoms with Crippen molar-refractivity contribution in [3.05, 3.63) is 81.2 Å². The fourth-order valence-electron chi connectivity index (χ4n) is 3.90. The molecule has 0 unspecified atom stereocenters. The van der Waals surface area contributed by atoms with Gasteiger partial charge in [-0.15, -0.1) is 11.3 Å². The van der Waals surface area contributed by atoms with Crippen LogP contribution in [-0.2, 0) is 0 Å². The monoisotopic (exact) mass is 502 g/mol. The van der Waals surface area contributed by atoms with Crippen molar-refractivity contribution >= 4 is 50.7 Å². The Morgan fingerprint density at radius 1 is 1.11 bits per heavy atom. The summed E-state index contributed by atoms with van der Waals surface area (Å²) in [5.41, 5.74) is 3.43. The summed E-state index contributed by atoms with van der Waals surface area (Å²) < 4.78 is 0. The van der Waals surface area contributed by atoms with Gasteiger partial charge in [-0.05, 0) is 50.6 Å². The van der Waals surface area contributed by atoms with E-state index >= 15 is 0 Å². The van der Waals surface area contributed by atoms with Crippen LogP contribution < -0.4 is 5.32 Å². The molecule has 2 aromatic heterocycles. The van der Waals surface area contributed by atoms with E-state index < -0.39 is 0 Å². The van der Waals surface area contributed by atoms with Crippen LogP contribution in [0, 0.1) is 18.3 Å². The van der Waals surface area contributed by atoms with Gasteiger partial charge in [0, 0.05) is 29.1 Å². The number of anilines is 1. The smallest absolute Gasteiger partial charge is 0.264 e. The number of amides is 2. The molecule has 0 spiro atoms. The number of thiophene rings is 1. The minimum Gasteiger partial charge on any atom is -0.338 e. The standard InChI is InChI=1S/C27H23ClN4O2S/c1-4-32(5-2)27(34)24-16(3)21(15-29)26(35-24)31-25(33)20-14-23(17-10-12-18(28)13-11-17)30-22-9-7-6-8-19(20)22/h6-14H,4-5H2,1-3H3,(H,31,33). The Hall–Kier alpha value is -3.73. The van der Waals surface area contributed by atoms with Crippen molar-refractivity contribution in [2.24, 2.45) is 0 Å². The molecule has 4 rings (SSSR count). The second-order valence-corrected chi connectivity index (χ2v) is 9.34. The van der Waals surface area contributed by atoms with Crippen molar-refractivity contribution < 1.29 is 9.59 Å². The van der Waals surface area contributed by atoms with E-state index in [0.29, 0.717) is 61.3 Å². The minimum atomic E-state index is -0.376. The van der Waals surface area contributed by atoms with E-state index in [9.17, 15) is 14.9 Å². The molecule has 0 saturated carbocycles. The average Bonchev–Trinajstić information content (AvgIpc) is 3.18. The van der Waals surface area contributed by atoms with Crippen LogP contribution in [-0.4, -0.2) is 34.8 Å². The van der Waals surface area contributed by atoms with Crippen LogP contribution in [0.25, 0.3) is 22.2 Å². The minimum absolute atomic E-state index is 0.145. The number of benzene rings is 2. The predicted octanol–water partition coefficient (Wildman–Crippen LogP) is 6.53. The number of aromatic nitrogens is 1. The molecular formula is C27H23ClN4O2S. The molecule has 4 aromatic rings. The Kier molecular flexibility index (Phi) is 7.15. The van der Waals surface area contributed by atoms with E-state index in [1.54, 1.807) is 30.0 Å². The number of hydrogen-bond acceptors (Lipinski definition) is 5. The molecule has 0 fully saturated rings. The van der Waals surface area contributed by atoms with Gasteiger partial charge in [-0.1, -0.05) is 41.9 Å². The fourth-order valence-corrected chi connectivity index (χ4v) is 5.14. The third kappa shape index (κ3) is 4.76. The lowest BCUT2D eigenvalue weighted by Crippen LogP contribution is -2.30. The van der Waals surface area contributed by atoms with E-state index in [2.05, 4.69) is 11.4 Å². The van der Waals surface area contributed by atoms with Crippen LogP contribution >= 0.6 is 22.9 Å². The first-order chi connectivity index (χ1) is 16.9. The molecule has 2 amide bonds. The number of carbonyl (C=O) groups excluding carboxylic acids is 2. The summed E-state index contributed by atoms with van der Waals surface area (Å²) >= 11 is 7.17. The van der Waals surface area contributed by atoms with Gasteiger partial charge in [0.1, 0.15) is 11.1 Å². The molecule has 0 aliphatic carbocycles. The van der Waals surface area contributed by atoms with Crippen LogP contribution in [0.15, 0.2) is 54.6 Å². The van der Waals surface area contributed by atoms with E-state index in [0.717, 1.165) is 16.9 Å². The molecule has 0 aliphatic rings. The number of hydrogen-bond donors (Lipinski definition) is 1. The van der Waals surface area contributed by atoms with E-state index in [1.807, 2.05) is 50.2 Å². The van der Waals surface area contributed by atoms with Crippen LogP contribution in [0.1, 0.15) is 45.0 Å². The number of nitriles is 1. The Morgan fingerprint density at radius 3 is 2.46 bits per heavy atom. The third-order valence-electron chi connectivity index (χ3n) is 5.83. The fraction of sp³-hybridized carbons (Fsp3) is 0.185. The SMILES string of the molecule is CCN(CC)C(=O)c1sc(NC(=O)c2cc(-c3ccc(Cl)cc3)nc3ccccc23)c(C#N)c1C. The molecule has 0 saturated heterocycles. The van der Waals surface area contributed by atoms with Gasteiger partial charge < -0.3 is 10.2 Å². The molecule has 8 heteroatoms. The van der Waals surface area contributed by atoms with Crippen LogP contribution in [0.5, 0.6) is 0 Å². The summed E-state index contributed by atoms with van der Waals surface area (Å²) in [6, 6.07) is 18.5. The number of halogens is 1. The van der Waals surface area contributed by atoms with E-state index in [4.69, 9.17) is 16.6 Å². The lowest BCUT2D eigenvalue weighted by atomic mass is 10.0. The number of carbonyl (C=O) groups is 2. The zero-order valence-corrected chi connectivity index (χ0v) is 21.1. The van der Waals surface area contributed by atoms with Crippen molar-refractivity contribution in [2.45, 2.75) is 20.8 Å². The Morgan fingerprint density at radius 2 is 1.80 bits per heavy atom. The lowest BCUT2D eigenvalue weighted by molar-refractivity contribution is 0.0777. The van der Waals surface area contributed by atoms with Crippen LogP contribution in [0.2, 0.25) is 5.02 Å². The highest BCUT2D eigenvalue weighted by Crippen LogP contribution is 2.34. The predicted molar refractivity (Wildman–Crippen MR) is 141 cm³/mol. The summed E-state index contributed by atoms with van der Waals surface area (Å²) in [5, 5.41) is 14.3. The van der Waals surface area contributed by atoms with Gasteiger partial charge in [0.15, 0.2) is 0 Å². The maximum absolute atomic E-state index is 13.5. The van der Waals surface area contributed by atoms with Gasteiger partial charge in [-0.25, -0.2) is 4.98 Å². The number of pyridine rings is 1. The zero-order chi connectivity index (χ0) is 25.1. The topological polar surface area (TPSA) is 86.1 Å². The summed E-state index contributed by atoms with van der Waals surface area (Å²) in [6.07, 6.45) is 0. The molecule has 0 atom stereocenters. The summed E-state index contributed by atoms with van der Waals surface area (Å²) in [4.78, 5) is 33.3. The van der Waals surface area contributed by atoms with Gasteiger partial charge in [-0.3, -0.25) is 9.59 Å². The molecule has 35 heavy (non-hydrogen) atoms. The van der Waals surface area contributed by atoms with Crippen LogP contribution in [0.4, 0.5) is 5.00 Å². The molecule has 0 radical (unpaired) electrons. The first kappa shape index (κ1) is 24.4. The Labute approximate surface area is 212 Å². The highest BCUT2D eigenvalue weighted by molar-refractivity contribution is 7.18. The second kappa shape index (κ2) is 10.3. The number of nitrogens with zero attached hydrogens (tertiary/aromatic N) is 3. The molecule has 1 N–H and O–H groups in total. The van der Waals surface area contributed by atoms with E-state index in [-0.39, 0.29) is 11.8 Å². The quantitative estimate of drug-likeness (QED) is 0.324. The summed E-state index contributed by atoms with van der Waals surface area (Å²) in [7, 11) is 0. The molecular weight excluding hydrogens is 480 g/mol. The van der Waals surface area contributed by atoms with Crippen molar-refractivity contribution in [3.63, 3.8) is 0 Å². The van der Waals surface area contributed by atoms with E-state index in [1.165, 1.54) is 0 Å². The largest absolute Gasteiger partial charge is 0.338 e. The Balaban J connectivity index is 1.76. The average molecular weight is 503 g/mol. The number of para-hydroxylation sites is 1. The van der Waals surface area contributed by atoms with Gasteiger partial charge >= 0.3 is 0 Å². The molecule has 2 heterocycles. The second-order valence-electron chi connectivity index (χ2n) is 7.88. The summed E-state index contributed by atoms with van der Waals surface area (Å²) in [6.45, 7) is 6.68. The first-order valence-electron chi connectivity index (χ1n) is 11.2. The molecule has 2 aromatic carbocycles. The highest BCUT2D eigenvalue weighted by atomic mass is 35.5. The molecule has 0 aliphatic heterocycles. The molecule has 176 valence electrons. The van der Waals surface area contributed by atoms with Gasteiger partial charge in [-0.2, -0.15) is 5.26 Å². The molecule has 0 bridgehead atoms. The van der Waals surface area contributed by atoms with Crippen molar-refractivity contribution in [2.75, 3.05) is 18.4 Å². The van der Waals surface area contributed by atoms with Crippen molar-refractivity contribution in [1.82, 2.24) is 9.88 Å². The number of fused-ring (bicyclic) bond motifs is 1. The maximum Gasteiger partial charge on any atom is 0.264 e. The normalized spacial score (nSPS) is 10.7. The number of nitrogens with one attached hydrogen (secondary N) is 1. The van der Waals surface area contributed by atoms with Crippen LogP contribution in [0.3, 0.4) is 0 Å². The van der Waals surface area contributed by atoms with Gasteiger partial charge in [0.2, 0.25) is 0 Å². The number of rotatable bonds is 6. The third-order valence-corrected chi connectivity index (χ3v) is 7.28. The highest BCUT2D eigenvalue weighted by Gasteiger charge is 2.25. The Bertz CT molecular complexity index is 1470. The maximum atomic E-state index is 13.5. The summed E-state index contributed by atoms with van der Waals surface area (Å²) in [5.74, 6) is -0.521. The van der Waals surface area contributed by atoms with Gasteiger partial charge in [0.05, 0.1) is 27.2 Å². The van der Waals surface area contributed by atoms with Gasteiger partial charge in [0.25, 0.3) is 11.8 Å².